The molecule has 0 amide bonds. The number of hydrogen-bond donors (Lipinski definition) is 0. The zero-order valence-electron chi connectivity index (χ0n) is 13.9. The third-order valence-electron chi connectivity index (χ3n) is 4.56. The molecule has 2 aromatic carbocycles. The minimum Gasteiger partial charge on any atom is -0.270 e. The van der Waals surface area contributed by atoms with Gasteiger partial charge in [0.1, 0.15) is 11.2 Å². The molecule has 0 saturated heterocycles. The summed E-state index contributed by atoms with van der Waals surface area (Å²) >= 11 is 0. The molecule has 0 unspecified atom stereocenters. The van der Waals surface area contributed by atoms with Gasteiger partial charge in [0.2, 0.25) is 0 Å². The van der Waals surface area contributed by atoms with Crippen LogP contribution in [0.25, 0.3) is 10.9 Å². The van der Waals surface area contributed by atoms with E-state index in [0.717, 1.165) is 17.5 Å². The van der Waals surface area contributed by atoms with Crippen LogP contribution in [-0.4, -0.2) is 21.4 Å². The van der Waals surface area contributed by atoms with Gasteiger partial charge in [0.15, 0.2) is 11.6 Å². The fourth-order valence-corrected chi connectivity index (χ4v) is 3.07. The predicted molar refractivity (Wildman–Crippen MR) is 89.5 cm³/mol. The minimum atomic E-state index is -3.68. The molecule has 1 aliphatic heterocycles. The molecule has 0 N–H and O–H groups in total. The summed E-state index contributed by atoms with van der Waals surface area (Å²) in [6, 6.07) is 10.7. The lowest BCUT2D eigenvalue weighted by molar-refractivity contribution is -0.0714. The van der Waals surface area contributed by atoms with E-state index in [1.807, 2.05) is 0 Å². The van der Waals surface area contributed by atoms with Gasteiger partial charge in [0.25, 0.3) is 0 Å². The van der Waals surface area contributed by atoms with Gasteiger partial charge in [-0.25, -0.2) is 8.78 Å². The summed E-state index contributed by atoms with van der Waals surface area (Å²) in [7, 11) is 0. The van der Waals surface area contributed by atoms with Crippen LogP contribution < -0.4 is 0 Å². The van der Waals surface area contributed by atoms with Gasteiger partial charge >= 0.3 is 5.92 Å². The topological polar surface area (TPSA) is 38.1 Å². The SMILES string of the molecule is CC1(C)N=C(c2cc3ccccc3nn2)c2ccc(F)c(F)c2C1(F)F. The van der Waals surface area contributed by atoms with Crippen LogP contribution >= 0.6 is 0 Å². The quantitative estimate of drug-likeness (QED) is 0.594. The monoisotopic (exact) mass is 359 g/mol. The van der Waals surface area contributed by atoms with Crippen LogP contribution in [-0.2, 0) is 5.92 Å². The maximum absolute atomic E-state index is 14.8. The van der Waals surface area contributed by atoms with Crippen molar-refractivity contribution in [2.45, 2.75) is 25.3 Å². The number of benzene rings is 2. The van der Waals surface area contributed by atoms with E-state index in [1.54, 1.807) is 30.3 Å². The van der Waals surface area contributed by atoms with Crippen LogP contribution in [0.2, 0.25) is 0 Å². The van der Waals surface area contributed by atoms with Gasteiger partial charge in [0, 0.05) is 10.9 Å². The lowest BCUT2D eigenvalue weighted by Gasteiger charge is -2.37. The van der Waals surface area contributed by atoms with Gasteiger partial charge in [-0.3, -0.25) is 4.99 Å². The van der Waals surface area contributed by atoms with Crippen molar-refractivity contribution in [3.63, 3.8) is 0 Å². The Bertz CT molecular complexity index is 1070. The summed E-state index contributed by atoms with van der Waals surface area (Å²) in [6.45, 7) is 2.35. The summed E-state index contributed by atoms with van der Waals surface area (Å²) in [5, 5.41) is 8.86. The third-order valence-corrected chi connectivity index (χ3v) is 4.56. The van der Waals surface area contributed by atoms with Crippen LogP contribution in [0.5, 0.6) is 0 Å². The Kier molecular flexibility index (Phi) is 3.41. The molecule has 132 valence electrons. The van der Waals surface area contributed by atoms with Crippen LogP contribution in [0.15, 0.2) is 47.5 Å². The minimum absolute atomic E-state index is 0.0630. The van der Waals surface area contributed by atoms with Gasteiger partial charge in [-0.05, 0) is 38.1 Å². The van der Waals surface area contributed by atoms with Crippen molar-refractivity contribution in [3.8, 4) is 0 Å². The molecule has 26 heavy (non-hydrogen) atoms. The fourth-order valence-electron chi connectivity index (χ4n) is 3.07. The van der Waals surface area contributed by atoms with E-state index in [-0.39, 0.29) is 17.0 Å². The molecule has 3 nitrogen and oxygen atoms in total. The number of halogens is 4. The summed E-state index contributed by atoms with van der Waals surface area (Å²) < 4.78 is 57.6. The first-order valence-electron chi connectivity index (χ1n) is 7.92. The average Bonchev–Trinajstić information content (AvgIpc) is 2.60. The van der Waals surface area contributed by atoms with E-state index in [0.29, 0.717) is 5.52 Å². The molecule has 1 aliphatic rings. The molecular formula is C19H13F4N3. The second-order valence-corrected chi connectivity index (χ2v) is 6.67. The average molecular weight is 359 g/mol. The molecule has 0 spiro atoms. The highest BCUT2D eigenvalue weighted by Gasteiger charge is 2.55. The van der Waals surface area contributed by atoms with Crippen molar-refractivity contribution in [3.05, 3.63) is 70.9 Å². The van der Waals surface area contributed by atoms with Crippen LogP contribution in [0.4, 0.5) is 17.6 Å². The number of rotatable bonds is 1. The Morgan fingerprint density at radius 2 is 1.65 bits per heavy atom. The molecular weight excluding hydrogens is 346 g/mol. The van der Waals surface area contributed by atoms with Crippen molar-refractivity contribution >= 4 is 16.6 Å². The molecule has 0 saturated carbocycles. The molecule has 0 atom stereocenters. The summed E-state index contributed by atoms with van der Waals surface area (Å²) in [5.74, 6) is -6.57. The maximum Gasteiger partial charge on any atom is 0.300 e. The predicted octanol–water partition coefficient (Wildman–Crippen LogP) is 4.63. The van der Waals surface area contributed by atoms with E-state index in [4.69, 9.17) is 0 Å². The van der Waals surface area contributed by atoms with E-state index >= 15 is 0 Å². The molecule has 2 heterocycles. The summed E-state index contributed by atoms with van der Waals surface area (Å²) in [5.41, 5.74) is -2.24. The van der Waals surface area contributed by atoms with E-state index < -0.39 is 28.7 Å². The number of nitrogens with zero attached hydrogens (tertiary/aromatic N) is 3. The summed E-state index contributed by atoms with van der Waals surface area (Å²) in [6.07, 6.45) is 0. The first-order chi connectivity index (χ1) is 12.2. The van der Waals surface area contributed by atoms with E-state index in [1.165, 1.54) is 13.8 Å². The summed E-state index contributed by atoms with van der Waals surface area (Å²) in [4.78, 5) is 4.13. The molecule has 7 heteroatoms. The number of hydrogen-bond acceptors (Lipinski definition) is 3. The number of alkyl halides is 2. The normalized spacial score (nSPS) is 17.7. The standard InChI is InChI=1S/C19H13F4N3/c1-18(2)19(22,23)15-11(7-8-12(20)16(15)21)17(24-18)14-9-10-5-3-4-6-13(10)25-26-14/h3-9H,1-2H3. The highest BCUT2D eigenvalue weighted by Crippen LogP contribution is 2.48. The van der Waals surface area contributed by atoms with Crippen molar-refractivity contribution in [1.82, 2.24) is 10.2 Å². The molecule has 0 radical (unpaired) electrons. The molecule has 3 aromatic rings. The molecule has 1 aromatic heterocycles. The van der Waals surface area contributed by atoms with E-state index in [9.17, 15) is 17.6 Å². The second-order valence-electron chi connectivity index (χ2n) is 6.67. The van der Waals surface area contributed by atoms with Gasteiger partial charge in [-0.2, -0.15) is 8.78 Å². The third kappa shape index (κ3) is 2.23. The van der Waals surface area contributed by atoms with Gasteiger partial charge in [-0.15, -0.1) is 10.2 Å². The smallest absolute Gasteiger partial charge is 0.270 e. The number of aromatic nitrogens is 2. The van der Waals surface area contributed by atoms with E-state index in [2.05, 4.69) is 15.2 Å². The van der Waals surface area contributed by atoms with Crippen LogP contribution in [0, 0.1) is 11.6 Å². The lowest BCUT2D eigenvalue weighted by atomic mass is 9.82. The number of fused-ring (bicyclic) bond motifs is 2. The van der Waals surface area contributed by atoms with Crippen LogP contribution in [0.1, 0.15) is 30.7 Å². The second kappa shape index (κ2) is 5.33. The molecule has 4 rings (SSSR count). The zero-order valence-corrected chi connectivity index (χ0v) is 13.9. The molecule has 0 aliphatic carbocycles. The van der Waals surface area contributed by atoms with Crippen molar-refractivity contribution in [2.24, 2.45) is 4.99 Å². The van der Waals surface area contributed by atoms with Crippen molar-refractivity contribution in [1.29, 1.82) is 0 Å². The Hall–Kier alpha value is -2.83. The lowest BCUT2D eigenvalue weighted by Crippen LogP contribution is -2.45. The molecule has 0 bridgehead atoms. The Morgan fingerprint density at radius 3 is 2.42 bits per heavy atom. The fraction of sp³-hybridized carbons (Fsp3) is 0.211. The molecule has 0 fully saturated rings. The van der Waals surface area contributed by atoms with Gasteiger partial charge in [0.05, 0.1) is 16.8 Å². The highest BCUT2D eigenvalue weighted by atomic mass is 19.3. The first-order valence-corrected chi connectivity index (χ1v) is 7.92. The zero-order chi connectivity index (χ0) is 18.7. The Morgan fingerprint density at radius 1 is 0.923 bits per heavy atom. The Balaban J connectivity index is 2.02. The highest BCUT2D eigenvalue weighted by molar-refractivity contribution is 6.14. The van der Waals surface area contributed by atoms with Crippen molar-refractivity contribution < 1.29 is 17.6 Å². The largest absolute Gasteiger partial charge is 0.300 e. The number of aliphatic imine (C=N–C) groups is 1. The first kappa shape index (κ1) is 16.6. The van der Waals surface area contributed by atoms with Gasteiger partial charge in [-0.1, -0.05) is 18.2 Å². The maximum atomic E-state index is 14.8. The Labute approximate surface area is 146 Å². The van der Waals surface area contributed by atoms with Gasteiger partial charge < -0.3 is 0 Å². The van der Waals surface area contributed by atoms with Crippen molar-refractivity contribution in [2.75, 3.05) is 0 Å². The van der Waals surface area contributed by atoms with Crippen LogP contribution in [0.3, 0.4) is 0 Å².